The fourth-order valence-electron chi connectivity index (χ4n) is 1.83. The predicted octanol–water partition coefficient (Wildman–Crippen LogP) is 2.20. The van der Waals surface area contributed by atoms with E-state index in [4.69, 9.17) is 4.74 Å². The van der Waals surface area contributed by atoms with E-state index < -0.39 is 0 Å². The van der Waals surface area contributed by atoms with Crippen LogP contribution in [0.1, 0.15) is 25.3 Å². The SMILES string of the molecule is CCCCNC(=NC)NCCc1ccccc1OC. The highest BCUT2D eigenvalue weighted by atomic mass is 16.5. The molecular weight excluding hydrogens is 238 g/mol. The lowest BCUT2D eigenvalue weighted by atomic mass is 10.1. The molecule has 0 aromatic heterocycles. The molecule has 106 valence electrons. The van der Waals surface area contributed by atoms with E-state index in [9.17, 15) is 0 Å². The Kier molecular flexibility index (Phi) is 7.47. The summed E-state index contributed by atoms with van der Waals surface area (Å²) >= 11 is 0. The van der Waals surface area contributed by atoms with Gasteiger partial charge in [-0.15, -0.1) is 0 Å². The highest BCUT2D eigenvalue weighted by Crippen LogP contribution is 2.17. The molecule has 0 saturated carbocycles. The summed E-state index contributed by atoms with van der Waals surface area (Å²) in [5.41, 5.74) is 1.21. The molecule has 0 atom stereocenters. The molecule has 0 fully saturated rings. The van der Waals surface area contributed by atoms with Crippen LogP contribution in [0, 0.1) is 0 Å². The van der Waals surface area contributed by atoms with E-state index in [-0.39, 0.29) is 0 Å². The normalized spacial score (nSPS) is 11.2. The largest absolute Gasteiger partial charge is 0.496 e. The van der Waals surface area contributed by atoms with Crippen LogP contribution in [-0.2, 0) is 6.42 Å². The van der Waals surface area contributed by atoms with Crippen molar-refractivity contribution in [3.05, 3.63) is 29.8 Å². The zero-order valence-corrected chi connectivity index (χ0v) is 12.2. The monoisotopic (exact) mass is 263 g/mol. The maximum atomic E-state index is 5.33. The van der Waals surface area contributed by atoms with E-state index in [2.05, 4.69) is 28.6 Å². The maximum absolute atomic E-state index is 5.33. The van der Waals surface area contributed by atoms with Gasteiger partial charge in [-0.25, -0.2) is 0 Å². The summed E-state index contributed by atoms with van der Waals surface area (Å²) in [6.45, 7) is 3.98. The molecule has 0 unspecified atom stereocenters. The van der Waals surface area contributed by atoms with Gasteiger partial charge in [0, 0.05) is 20.1 Å². The lowest BCUT2D eigenvalue weighted by molar-refractivity contribution is 0.409. The number of ether oxygens (including phenoxy) is 1. The van der Waals surface area contributed by atoms with Gasteiger partial charge >= 0.3 is 0 Å². The third-order valence-electron chi connectivity index (χ3n) is 2.93. The average molecular weight is 263 g/mol. The second-order valence-corrected chi connectivity index (χ2v) is 4.34. The number of rotatable bonds is 7. The number of aliphatic imine (C=N–C) groups is 1. The first-order valence-corrected chi connectivity index (χ1v) is 6.88. The van der Waals surface area contributed by atoms with Gasteiger partial charge in [0.05, 0.1) is 7.11 Å². The third kappa shape index (κ3) is 5.64. The van der Waals surface area contributed by atoms with Crippen molar-refractivity contribution in [1.29, 1.82) is 0 Å². The van der Waals surface area contributed by atoms with Gasteiger partial charge in [-0.2, -0.15) is 0 Å². The molecular formula is C15H25N3O. The molecule has 2 N–H and O–H groups in total. The summed E-state index contributed by atoms with van der Waals surface area (Å²) in [5.74, 6) is 1.81. The quantitative estimate of drug-likeness (QED) is 0.450. The van der Waals surface area contributed by atoms with Crippen LogP contribution < -0.4 is 15.4 Å². The van der Waals surface area contributed by atoms with Gasteiger partial charge in [0.2, 0.25) is 0 Å². The van der Waals surface area contributed by atoms with E-state index in [1.807, 2.05) is 18.2 Å². The second kappa shape index (κ2) is 9.25. The predicted molar refractivity (Wildman–Crippen MR) is 81.0 cm³/mol. The Morgan fingerprint density at radius 1 is 1.21 bits per heavy atom. The smallest absolute Gasteiger partial charge is 0.190 e. The van der Waals surface area contributed by atoms with E-state index in [0.29, 0.717) is 0 Å². The van der Waals surface area contributed by atoms with Gasteiger partial charge in [0.15, 0.2) is 5.96 Å². The number of guanidine groups is 1. The number of nitrogens with zero attached hydrogens (tertiary/aromatic N) is 1. The Morgan fingerprint density at radius 3 is 2.63 bits per heavy atom. The number of methoxy groups -OCH3 is 1. The topological polar surface area (TPSA) is 45.7 Å². The summed E-state index contributed by atoms with van der Waals surface area (Å²) in [7, 11) is 3.50. The lowest BCUT2D eigenvalue weighted by Crippen LogP contribution is -2.38. The van der Waals surface area contributed by atoms with Crippen molar-refractivity contribution in [2.45, 2.75) is 26.2 Å². The van der Waals surface area contributed by atoms with Crippen molar-refractivity contribution in [2.24, 2.45) is 4.99 Å². The van der Waals surface area contributed by atoms with Gasteiger partial charge in [0.25, 0.3) is 0 Å². The Labute approximate surface area is 116 Å². The van der Waals surface area contributed by atoms with Crippen LogP contribution in [0.5, 0.6) is 5.75 Å². The van der Waals surface area contributed by atoms with E-state index >= 15 is 0 Å². The zero-order valence-electron chi connectivity index (χ0n) is 12.2. The molecule has 0 aliphatic heterocycles. The summed E-state index contributed by atoms with van der Waals surface area (Å²) in [4.78, 5) is 4.20. The molecule has 0 aliphatic carbocycles. The minimum Gasteiger partial charge on any atom is -0.496 e. The molecule has 1 rings (SSSR count). The maximum Gasteiger partial charge on any atom is 0.190 e. The molecule has 1 aromatic carbocycles. The minimum absolute atomic E-state index is 0.839. The van der Waals surface area contributed by atoms with Gasteiger partial charge in [-0.05, 0) is 24.5 Å². The van der Waals surface area contributed by atoms with Crippen molar-refractivity contribution >= 4 is 5.96 Å². The van der Waals surface area contributed by atoms with E-state index in [1.165, 1.54) is 12.0 Å². The molecule has 0 bridgehead atoms. The molecule has 0 spiro atoms. The van der Waals surface area contributed by atoms with Crippen molar-refractivity contribution in [1.82, 2.24) is 10.6 Å². The lowest BCUT2D eigenvalue weighted by Gasteiger charge is -2.12. The number of hydrogen-bond donors (Lipinski definition) is 2. The first kappa shape index (κ1) is 15.3. The highest BCUT2D eigenvalue weighted by molar-refractivity contribution is 5.79. The Balaban J connectivity index is 2.36. The molecule has 0 heterocycles. The summed E-state index contributed by atoms with van der Waals surface area (Å²) in [6, 6.07) is 8.10. The summed E-state index contributed by atoms with van der Waals surface area (Å²) in [6.07, 6.45) is 3.26. The third-order valence-corrected chi connectivity index (χ3v) is 2.93. The second-order valence-electron chi connectivity index (χ2n) is 4.34. The molecule has 4 nitrogen and oxygen atoms in total. The van der Waals surface area contributed by atoms with Crippen LogP contribution in [0.15, 0.2) is 29.3 Å². The molecule has 4 heteroatoms. The zero-order chi connectivity index (χ0) is 13.9. The molecule has 1 aromatic rings. The van der Waals surface area contributed by atoms with Gasteiger partial charge in [0.1, 0.15) is 5.75 Å². The summed E-state index contributed by atoms with van der Waals surface area (Å²) in [5, 5.41) is 6.60. The number of nitrogens with one attached hydrogen (secondary N) is 2. The molecule has 19 heavy (non-hydrogen) atoms. The molecule has 0 radical (unpaired) electrons. The Morgan fingerprint density at radius 2 is 1.95 bits per heavy atom. The van der Waals surface area contributed by atoms with Crippen LogP contribution in [0.2, 0.25) is 0 Å². The van der Waals surface area contributed by atoms with Crippen LogP contribution in [0.3, 0.4) is 0 Å². The van der Waals surface area contributed by atoms with E-state index in [0.717, 1.165) is 37.6 Å². The minimum atomic E-state index is 0.839. The van der Waals surface area contributed by atoms with Gasteiger partial charge in [-0.1, -0.05) is 31.5 Å². The number of para-hydroxylation sites is 1. The molecule has 0 amide bonds. The molecule has 0 saturated heterocycles. The first-order valence-electron chi connectivity index (χ1n) is 6.88. The van der Waals surface area contributed by atoms with Crippen molar-refractivity contribution in [2.75, 3.05) is 27.2 Å². The fourth-order valence-corrected chi connectivity index (χ4v) is 1.83. The van der Waals surface area contributed by atoms with Gasteiger partial charge < -0.3 is 15.4 Å². The number of hydrogen-bond acceptors (Lipinski definition) is 2. The fraction of sp³-hybridized carbons (Fsp3) is 0.533. The van der Waals surface area contributed by atoms with Gasteiger partial charge in [-0.3, -0.25) is 4.99 Å². The highest BCUT2D eigenvalue weighted by Gasteiger charge is 2.02. The average Bonchev–Trinajstić information content (AvgIpc) is 2.46. The van der Waals surface area contributed by atoms with Crippen LogP contribution in [-0.4, -0.2) is 33.2 Å². The van der Waals surface area contributed by atoms with Crippen LogP contribution >= 0.6 is 0 Å². The standard InChI is InChI=1S/C15H25N3O/c1-4-5-11-17-15(16-2)18-12-10-13-8-6-7-9-14(13)19-3/h6-9H,4-5,10-12H2,1-3H3,(H2,16,17,18). The van der Waals surface area contributed by atoms with Crippen LogP contribution in [0.25, 0.3) is 0 Å². The van der Waals surface area contributed by atoms with E-state index in [1.54, 1.807) is 14.2 Å². The van der Waals surface area contributed by atoms with Crippen LogP contribution in [0.4, 0.5) is 0 Å². The van der Waals surface area contributed by atoms with Crippen molar-refractivity contribution in [3.63, 3.8) is 0 Å². The summed E-state index contributed by atoms with van der Waals surface area (Å²) < 4.78 is 5.33. The Hall–Kier alpha value is -1.71. The van der Waals surface area contributed by atoms with Crippen molar-refractivity contribution in [3.8, 4) is 5.75 Å². The number of unbranched alkanes of at least 4 members (excludes halogenated alkanes) is 1. The number of benzene rings is 1. The molecule has 0 aliphatic rings. The Bertz CT molecular complexity index is 391. The van der Waals surface area contributed by atoms with Crippen molar-refractivity contribution < 1.29 is 4.74 Å². The first-order chi connectivity index (χ1) is 9.31.